The number of carbonyl (C=O) groups excluding carboxylic acids is 1. The van der Waals surface area contributed by atoms with E-state index in [1.807, 2.05) is 25.1 Å². The fourth-order valence-corrected chi connectivity index (χ4v) is 2.32. The fraction of sp³-hybridized carbons (Fsp3) is 0.316. The van der Waals surface area contributed by atoms with Crippen LogP contribution in [0.1, 0.15) is 36.5 Å². The Kier molecular flexibility index (Phi) is 5.75. The Morgan fingerprint density at radius 2 is 1.84 bits per heavy atom. The number of aryl methyl sites for hydroxylation is 2. The molecule has 0 aromatic heterocycles. The van der Waals surface area contributed by atoms with E-state index in [0.717, 1.165) is 16.7 Å². The summed E-state index contributed by atoms with van der Waals surface area (Å²) >= 11 is 0. The van der Waals surface area contributed by atoms with Crippen LogP contribution in [0.15, 0.2) is 36.4 Å². The summed E-state index contributed by atoms with van der Waals surface area (Å²) in [5.41, 5.74) is 3.17. The molecule has 2 aromatic carbocycles. The van der Waals surface area contributed by atoms with Gasteiger partial charge >= 0.3 is 0 Å². The average Bonchev–Trinajstić information content (AvgIpc) is 2.55. The maximum Gasteiger partial charge on any atom is 0.271 e. The summed E-state index contributed by atoms with van der Waals surface area (Å²) in [7, 11) is 0. The van der Waals surface area contributed by atoms with E-state index in [1.165, 1.54) is 12.1 Å². The molecule has 0 radical (unpaired) electrons. The number of rotatable bonds is 6. The van der Waals surface area contributed by atoms with Crippen LogP contribution >= 0.6 is 0 Å². The van der Waals surface area contributed by atoms with Crippen LogP contribution in [0.25, 0.3) is 0 Å². The van der Waals surface area contributed by atoms with Gasteiger partial charge in [-0.05, 0) is 42.5 Å². The molecule has 0 unspecified atom stereocenters. The Morgan fingerprint density at radius 1 is 1.16 bits per heavy atom. The van der Waals surface area contributed by atoms with Crippen molar-refractivity contribution in [2.24, 2.45) is 0 Å². The standard InChI is InChI=1S/C19H22N2O4/c1-12(2)15-7-5-14(4)18(9-15)25-11-19(22)20-17-10-16(21(23)24)8-6-13(17)3/h5-10,12H,11H2,1-4H3,(H,20,22). The maximum atomic E-state index is 12.1. The minimum absolute atomic E-state index is 0.0673. The zero-order valence-corrected chi connectivity index (χ0v) is 14.8. The molecule has 0 heterocycles. The molecule has 0 aliphatic heterocycles. The number of hydrogen-bond donors (Lipinski definition) is 1. The molecule has 0 aliphatic carbocycles. The third-order valence-corrected chi connectivity index (χ3v) is 3.94. The SMILES string of the molecule is Cc1ccc([N+](=O)[O-])cc1NC(=O)COc1cc(C(C)C)ccc1C. The van der Waals surface area contributed by atoms with Crippen LogP contribution in [-0.4, -0.2) is 17.4 Å². The second-order valence-electron chi connectivity index (χ2n) is 6.27. The molecule has 2 rings (SSSR count). The largest absolute Gasteiger partial charge is 0.483 e. The van der Waals surface area contributed by atoms with Gasteiger partial charge in [-0.25, -0.2) is 0 Å². The molecule has 1 N–H and O–H groups in total. The van der Waals surface area contributed by atoms with Crippen molar-refractivity contribution in [2.75, 3.05) is 11.9 Å². The second-order valence-corrected chi connectivity index (χ2v) is 6.27. The Balaban J connectivity index is 2.05. The van der Waals surface area contributed by atoms with E-state index in [9.17, 15) is 14.9 Å². The van der Waals surface area contributed by atoms with E-state index in [-0.39, 0.29) is 18.2 Å². The minimum Gasteiger partial charge on any atom is -0.483 e. The lowest BCUT2D eigenvalue weighted by molar-refractivity contribution is -0.384. The maximum absolute atomic E-state index is 12.1. The lowest BCUT2D eigenvalue weighted by atomic mass is 10.0. The molecule has 0 fully saturated rings. The topological polar surface area (TPSA) is 81.5 Å². The number of benzene rings is 2. The Labute approximate surface area is 147 Å². The number of nitrogens with zero attached hydrogens (tertiary/aromatic N) is 1. The summed E-state index contributed by atoms with van der Waals surface area (Å²) in [6.45, 7) is 7.71. The predicted octanol–water partition coefficient (Wildman–Crippen LogP) is 4.35. The zero-order valence-electron chi connectivity index (χ0n) is 14.8. The van der Waals surface area contributed by atoms with Crippen molar-refractivity contribution < 1.29 is 14.5 Å². The molecule has 0 saturated heterocycles. The van der Waals surface area contributed by atoms with Crippen molar-refractivity contribution in [3.05, 3.63) is 63.2 Å². The Hall–Kier alpha value is -2.89. The zero-order chi connectivity index (χ0) is 18.6. The molecule has 0 bridgehead atoms. The highest BCUT2D eigenvalue weighted by Crippen LogP contribution is 2.25. The molecule has 25 heavy (non-hydrogen) atoms. The molecule has 0 aliphatic rings. The van der Waals surface area contributed by atoms with Crippen LogP contribution in [0.4, 0.5) is 11.4 Å². The summed E-state index contributed by atoms with van der Waals surface area (Å²) < 4.78 is 5.63. The van der Waals surface area contributed by atoms with Crippen LogP contribution in [0, 0.1) is 24.0 Å². The summed E-state index contributed by atoms with van der Waals surface area (Å²) in [6.07, 6.45) is 0. The first kappa shape index (κ1) is 18.4. The van der Waals surface area contributed by atoms with Gasteiger partial charge in [0.15, 0.2) is 6.61 Å². The molecule has 1 amide bonds. The van der Waals surface area contributed by atoms with Crippen LogP contribution in [0.5, 0.6) is 5.75 Å². The predicted molar refractivity (Wildman–Crippen MR) is 97.2 cm³/mol. The van der Waals surface area contributed by atoms with E-state index in [0.29, 0.717) is 17.4 Å². The quantitative estimate of drug-likeness (QED) is 0.625. The van der Waals surface area contributed by atoms with Gasteiger partial charge in [0.1, 0.15) is 5.75 Å². The van der Waals surface area contributed by atoms with E-state index >= 15 is 0 Å². The van der Waals surface area contributed by atoms with Crippen molar-refractivity contribution in [3.63, 3.8) is 0 Å². The molecule has 2 aromatic rings. The summed E-state index contributed by atoms with van der Waals surface area (Å²) in [6, 6.07) is 10.3. The summed E-state index contributed by atoms with van der Waals surface area (Å²) in [4.78, 5) is 22.5. The monoisotopic (exact) mass is 342 g/mol. The van der Waals surface area contributed by atoms with E-state index < -0.39 is 4.92 Å². The molecule has 0 atom stereocenters. The van der Waals surface area contributed by atoms with Crippen LogP contribution in [0.3, 0.4) is 0 Å². The number of hydrogen-bond acceptors (Lipinski definition) is 4. The van der Waals surface area contributed by atoms with Crippen LogP contribution in [0.2, 0.25) is 0 Å². The number of carbonyl (C=O) groups is 1. The van der Waals surface area contributed by atoms with Crippen molar-refractivity contribution in [1.29, 1.82) is 0 Å². The lowest BCUT2D eigenvalue weighted by Crippen LogP contribution is -2.21. The highest BCUT2D eigenvalue weighted by molar-refractivity contribution is 5.93. The van der Waals surface area contributed by atoms with Crippen molar-refractivity contribution in [2.45, 2.75) is 33.6 Å². The fourth-order valence-electron chi connectivity index (χ4n) is 2.32. The van der Waals surface area contributed by atoms with Gasteiger partial charge in [0, 0.05) is 12.1 Å². The van der Waals surface area contributed by atoms with Gasteiger partial charge in [-0.15, -0.1) is 0 Å². The number of amides is 1. The van der Waals surface area contributed by atoms with Gasteiger partial charge in [0.25, 0.3) is 11.6 Å². The molecule has 6 heteroatoms. The van der Waals surface area contributed by atoms with Crippen LogP contribution < -0.4 is 10.1 Å². The number of nitro benzene ring substituents is 1. The average molecular weight is 342 g/mol. The van der Waals surface area contributed by atoms with Gasteiger partial charge < -0.3 is 10.1 Å². The first-order valence-corrected chi connectivity index (χ1v) is 8.06. The van der Waals surface area contributed by atoms with Crippen molar-refractivity contribution in [3.8, 4) is 5.75 Å². The van der Waals surface area contributed by atoms with E-state index in [4.69, 9.17) is 4.74 Å². The van der Waals surface area contributed by atoms with Gasteiger partial charge in [0.2, 0.25) is 0 Å². The first-order chi connectivity index (χ1) is 11.8. The van der Waals surface area contributed by atoms with Gasteiger partial charge in [0.05, 0.1) is 10.6 Å². The van der Waals surface area contributed by atoms with Crippen molar-refractivity contribution in [1.82, 2.24) is 0 Å². The normalized spacial score (nSPS) is 10.6. The molecule has 6 nitrogen and oxygen atoms in total. The molecular weight excluding hydrogens is 320 g/mol. The van der Waals surface area contributed by atoms with Crippen molar-refractivity contribution >= 4 is 17.3 Å². The van der Waals surface area contributed by atoms with Crippen LogP contribution in [-0.2, 0) is 4.79 Å². The highest BCUT2D eigenvalue weighted by Gasteiger charge is 2.12. The smallest absolute Gasteiger partial charge is 0.271 e. The molecule has 132 valence electrons. The summed E-state index contributed by atoms with van der Waals surface area (Å²) in [5.74, 6) is 0.666. The molecular formula is C19H22N2O4. The second kappa shape index (κ2) is 7.79. The van der Waals surface area contributed by atoms with Gasteiger partial charge in [-0.3, -0.25) is 14.9 Å². The number of anilines is 1. The highest BCUT2D eigenvalue weighted by atomic mass is 16.6. The molecule has 0 saturated carbocycles. The minimum atomic E-state index is -0.494. The number of non-ortho nitro benzene ring substituents is 1. The van der Waals surface area contributed by atoms with E-state index in [2.05, 4.69) is 19.2 Å². The lowest BCUT2D eigenvalue weighted by Gasteiger charge is -2.13. The van der Waals surface area contributed by atoms with Gasteiger partial charge in [-0.1, -0.05) is 32.0 Å². The number of ether oxygens (including phenoxy) is 1. The number of nitrogens with one attached hydrogen (secondary N) is 1. The van der Waals surface area contributed by atoms with E-state index in [1.54, 1.807) is 13.0 Å². The van der Waals surface area contributed by atoms with Gasteiger partial charge in [-0.2, -0.15) is 0 Å². The Morgan fingerprint density at radius 3 is 2.48 bits per heavy atom. The third kappa shape index (κ3) is 4.79. The summed E-state index contributed by atoms with van der Waals surface area (Å²) in [5, 5.41) is 13.5. The number of nitro groups is 1. The Bertz CT molecular complexity index is 800. The molecule has 0 spiro atoms. The first-order valence-electron chi connectivity index (χ1n) is 8.06. The third-order valence-electron chi connectivity index (χ3n) is 3.94.